The highest BCUT2D eigenvalue weighted by Crippen LogP contribution is 2.55. The predicted molar refractivity (Wildman–Crippen MR) is 39.5 cm³/mol. The molecule has 3 nitrogen and oxygen atoms in total. The van der Waals surface area contributed by atoms with Gasteiger partial charge in [0.1, 0.15) is 0 Å². The van der Waals surface area contributed by atoms with Crippen LogP contribution in [0.15, 0.2) is 0 Å². The zero-order valence-electron chi connectivity index (χ0n) is 6.36. The van der Waals surface area contributed by atoms with Crippen LogP contribution in [0.2, 0.25) is 0 Å². The lowest BCUT2D eigenvalue weighted by Gasteiger charge is -2.13. The minimum absolute atomic E-state index is 0.00694. The van der Waals surface area contributed by atoms with Gasteiger partial charge in [0, 0.05) is 11.8 Å². The maximum absolute atomic E-state index is 10.8. The van der Waals surface area contributed by atoms with E-state index in [0.29, 0.717) is 5.92 Å². The first-order valence-corrected chi connectivity index (χ1v) is 4.19. The molecule has 0 aromatic carbocycles. The molecule has 0 heterocycles. The summed E-state index contributed by atoms with van der Waals surface area (Å²) in [6.45, 7) is 0. The number of hydrogen-bond acceptors (Lipinski definition) is 2. The Bertz CT molecular complexity index is 193. The van der Waals surface area contributed by atoms with Gasteiger partial charge in [0.05, 0.1) is 6.10 Å². The van der Waals surface area contributed by atoms with Gasteiger partial charge < -0.3 is 10.8 Å². The lowest BCUT2D eigenvalue weighted by molar-refractivity contribution is -0.120. The number of fused-ring (bicyclic) bond motifs is 1. The van der Waals surface area contributed by atoms with Gasteiger partial charge in [0.25, 0.3) is 0 Å². The summed E-state index contributed by atoms with van der Waals surface area (Å²) < 4.78 is 0. The standard InChI is InChI=1S/C8H13NO2/c9-8(11)7-4-2-1-3-5(10)6(4)7/h4-7,10H,1-3H2,(H2,9,11). The number of nitrogens with two attached hydrogens (primary N) is 1. The van der Waals surface area contributed by atoms with Crippen molar-refractivity contribution in [2.45, 2.75) is 25.4 Å². The van der Waals surface area contributed by atoms with E-state index in [0.717, 1.165) is 19.3 Å². The summed E-state index contributed by atoms with van der Waals surface area (Å²) in [4.78, 5) is 10.8. The van der Waals surface area contributed by atoms with Gasteiger partial charge in [-0.1, -0.05) is 6.42 Å². The Morgan fingerprint density at radius 3 is 2.73 bits per heavy atom. The fraction of sp³-hybridized carbons (Fsp3) is 0.875. The predicted octanol–water partition coefficient (Wildman–Crippen LogP) is -0.121. The quantitative estimate of drug-likeness (QED) is 0.554. The summed E-state index contributed by atoms with van der Waals surface area (Å²) in [7, 11) is 0. The number of hydrogen-bond donors (Lipinski definition) is 2. The van der Waals surface area contributed by atoms with Crippen molar-refractivity contribution in [1.29, 1.82) is 0 Å². The van der Waals surface area contributed by atoms with Crippen LogP contribution in [0, 0.1) is 17.8 Å². The van der Waals surface area contributed by atoms with Crippen LogP contribution >= 0.6 is 0 Å². The van der Waals surface area contributed by atoms with Crippen LogP contribution < -0.4 is 5.73 Å². The highest BCUT2D eigenvalue weighted by molar-refractivity contribution is 5.80. The van der Waals surface area contributed by atoms with E-state index in [1.165, 1.54) is 0 Å². The Kier molecular flexibility index (Phi) is 1.42. The van der Waals surface area contributed by atoms with Gasteiger partial charge in [-0.25, -0.2) is 0 Å². The lowest BCUT2D eigenvalue weighted by Crippen LogP contribution is -2.18. The van der Waals surface area contributed by atoms with Crippen molar-refractivity contribution in [1.82, 2.24) is 0 Å². The van der Waals surface area contributed by atoms with E-state index in [9.17, 15) is 9.90 Å². The summed E-state index contributed by atoms with van der Waals surface area (Å²) in [5.41, 5.74) is 5.17. The third-order valence-corrected chi connectivity index (χ3v) is 3.04. The van der Waals surface area contributed by atoms with Gasteiger partial charge in [0.2, 0.25) is 5.91 Å². The highest BCUT2D eigenvalue weighted by atomic mass is 16.3. The Labute approximate surface area is 65.6 Å². The number of amides is 1. The molecule has 62 valence electrons. The van der Waals surface area contributed by atoms with Gasteiger partial charge in [-0.15, -0.1) is 0 Å². The van der Waals surface area contributed by atoms with Gasteiger partial charge >= 0.3 is 0 Å². The highest BCUT2D eigenvalue weighted by Gasteiger charge is 2.58. The van der Waals surface area contributed by atoms with Crippen molar-refractivity contribution in [3.63, 3.8) is 0 Å². The lowest BCUT2D eigenvalue weighted by atomic mass is 9.98. The summed E-state index contributed by atoms with van der Waals surface area (Å²) >= 11 is 0. The summed E-state index contributed by atoms with van der Waals surface area (Å²) in [6.07, 6.45) is 2.72. The van der Waals surface area contributed by atoms with Crippen LogP contribution in [0.1, 0.15) is 19.3 Å². The summed E-state index contributed by atoms with van der Waals surface area (Å²) in [6, 6.07) is 0. The molecule has 2 fully saturated rings. The molecule has 0 radical (unpaired) electrons. The summed E-state index contributed by atoms with van der Waals surface area (Å²) in [5.74, 6) is 0.394. The normalized spacial score (nSPS) is 48.1. The smallest absolute Gasteiger partial charge is 0.221 e. The maximum atomic E-state index is 10.8. The Morgan fingerprint density at radius 2 is 2.18 bits per heavy atom. The molecule has 3 N–H and O–H groups in total. The van der Waals surface area contributed by atoms with Crippen LogP contribution in [0.5, 0.6) is 0 Å². The first kappa shape index (κ1) is 7.10. The molecule has 4 unspecified atom stereocenters. The van der Waals surface area contributed by atoms with Crippen LogP contribution in [-0.2, 0) is 4.79 Å². The number of carbonyl (C=O) groups excluding carboxylic acids is 1. The van der Waals surface area contributed by atoms with E-state index in [1.54, 1.807) is 0 Å². The van der Waals surface area contributed by atoms with Crippen LogP contribution in [-0.4, -0.2) is 17.1 Å². The van der Waals surface area contributed by atoms with E-state index >= 15 is 0 Å². The SMILES string of the molecule is NC(=O)C1C2CCCC(O)C21. The molecule has 0 bridgehead atoms. The molecule has 0 aromatic heterocycles. The van der Waals surface area contributed by atoms with E-state index in [1.807, 2.05) is 0 Å². The second-order valence-corrected chi connectivity index (χ2v) is 3.67. The zero-order chi connectivity index (χ0) is 8.01. The van der Waals surface area contributed by atoms with Crippen molar-refractivity contribution in [2.24, 2.45) is 23.5 Å². The maximum Gasteiger partial charge on any atom is 0.221 e. The number of aliphatic hydroxyl groups excluding tert-OH is 1. The van der Waals surface area contributed by atoms with Crippen LogP contribution in [0.25, 0.3) is 0 Å². The van der Waals surface area contributed by atoms with Gasteiger partial charge in [0.15, 0.2) is 0 Å². The monoisotopic (exact) mass is 155 g/mol. The van der Waals surface area contributed by atoms with Crippen LogP contribution in [0.3, 0.4) is 0 Å². The third kappa shape index (κ3) is 0.948. The van der Waals surface area contributed by atoms with E-state index in [-0.39, 0.29) is 23.8 Å². The number of carbonyl (C=O) groups is 1. The van der Waals surface area contributed by atoms with Crippen LogP contribution in [0.4, 0.5) is 0 Å². The minimum atomic E-state index is -0.258. The average molecular weight is 155 g/mol. The van der Waals surface area contributed by atoms with Gasteiger partial charge in [-0.3, -0.25) is 4.79 Å². The molecule has 2 rings (SSSR count). The molecule has 1 amide bonds. The third-order valence-electron chi connectivity index (χ3n) is 3.04. The number of rotatable bonds is 1. The zero-order valence-corrected chi connectivity index (χ0v) is 6.36. The first-order chi connectivity index (χ1) is 5.22. The molecule has 2 saturated carbocycles. The molecular formula is C8H13NO2. The largest absolute Gasteiger partial charge is 0.393 e. The molecule has 0 aliphatic heterocycles. The van der Waals surface area contributed by atoms with Crippen molar-refractivity contribution < 1.29 is 9.90 Å². The summed E-state index contributed by atoms with van der Waals surface area (Å²) in [5, 5.41) is 9.43. The molecule has 0 saturated heterocycles. The topological polar surface area (TPSA) is 63.3 Å². The van der Waals surface area contributed by atoms with Gasteiger partial charge in [-0.2, -0.15) is 0 Å². The van der Waals surface area contributed by atoms with Crippen molar-refractivity contribution in [2.75, 3.05) is 0 Å². The molecule has 0 aromatic rings. The van der Waals surface area contributed by atoms with Crippen molar-refractivity contribution in [3.8, 4) is 0 Å². The Balaban J connectivity index is 2.05. The fourth-order valence-corrected chi connectivity index (χ4v) is 2.45. The van der Waals surface area contributed by atoms with E-state index < -0.39 is 0 Å². The minimum Gasteiger partial charge on any atom is -0.393 e. The molecule has 11 heavy (non-hydrogen) atoms. The van der Waals surface area contributed by atoms with Gasteiger partial charge in [-0.05, 0) is 18.8 Å². The number of primary amides is 1. The molecule has 2 aliphatic rings. The molecule has 3 heteroatoms. The fourth-order valence-electron chi connectivity index (χ4n) is 2.45. The Morgan fingerprint density at radius 1 is 1.45 bits per heavy atom. The first-order valence-electron chi connectivity index (χ1n) is 4.19. The van der Waals surface area contributed by atoms with Crippen molar-refractivity contribution >= 4 is 5.91 Å². The van der Waals surface area contributed by atoms with E-state index in [2.05, 4.69) is 0 Å². The van der Waals surface area contributed by atoms with E-state index in [4.69, 9.17) is 5.73 Å². The Hall–Kier alpha value is -0.570. The second-order valence-electron chi connectivity index (χ2n) is 3.67. The number of aliphatic hydroxyl groups is 1. The molecular weight excluding hydrogens is 142 g/mol. The van der Waals surface area contributed by atoms with Crippen molar-refractivity contribution in [3.05, 3.63) is 0 Å². The average Bonchev–Trinajstić information content (AvgIpc) is 2.62. The molecule has 2 aliphatic carbocycles. The second kappa shape index (κ2) is 2.21. The molecule has 0 spiro atoms. The molecule has 4 atom stereocenters.